The van der Waals surface area contributed by atoms with Crippen molar-refractivity contribution in [2.75, 3.05) is 7.11 Å². The van der Waals surface area contributed by atoms with Crippen LogP contribution in [0, 0.1) is 0 Å². The van der Waals surface area contributed by atoms with Gasteiger partial charge in [-0.15, -0.1) is 0 Å². The van der Waals surface area contributed by atoms with E-state index in [0.717, 1.165) is 0 Å². The van der Waals surface area contributed by atoms with Crippen LogP contribution in [0.2, 0.25) is 0 Å². The van der Waals surface area contributed by atoms with E-state index >= 15 is 0 Å². The first-order chi connectivity index (χ1) is 12.0. The van der Waals surface area contributed by atoms with Crippen molar-refractivity contribution in [1.29, 1.82) is 0 Å². The maximum absolute atomic E-state index is 12.7. The van der Waals surface area contributed by atoms with Crippen LogP contribution >= 0.6 is 0 Å². The largest absolute Gasteiger partial charge is 0.497 e. The molecule has 2 aromatic carbocycles. The first-order valence-corrected chi connectivity index (χ1v) is 7.57. The maximum Gasteiger partial charge on any atom is 0.343 e. The molecule has 0 amide bonds. The molecule has 0 bridgehead atoms. The average Bonchev–Trinajstić information content (AvgIpc) is 2.64. The summed E-state index contributed by atoms with van der Waals surface area (Å²) in [5.41, 5.74) is 0.420. The van der Waals surface area contributed by atoms with E-state index in [1.807, 2.05) is 6.07 Å². The Morgan fingerprint density at radius 1 is 1.08 bits per heavy atom. The molecule has 1 aromatic heterocycles. The highest BCUT2D eigenvalue weighted by Crippen LogP contribution is 2.25. The van der Waals surface area contributed by atoms with Gasteiger partial charge in [-0.1, -0.05) is 42.5 Å². The summed E-state index contributed by atoms with van der Waals surface area (Å²) >= 11 is 0. The van der Waals surface area contributed by atoms with Crippen molar-refractivity contribution < 1.29 is 14.6 Å². The van der Waals surface area contributed by atoms with E-state index in [0.29, 0.717) is 22.7 Å². The smallest absolute Gasteiger partial charge is 0.343 e. The summed E-state index contributed by atoms with van der Waals surface area (Å²) < 4.78 is 6.45. The SMILES string of the molecule is COc1cccc(-c2nc(-c3ccccc3)c(C(=O)O)c(=O)n2C)c1. The Labute approximate surface area is 144 Å². The number of benzene rings is 2. The molecule has 0 saturated carbocycles. The lowest BCUT2D eigenvalue weighted by Gasteiger charge is -2.13. The molecular weight excluding hydrogens is 320 g/mol. The van der Waals surface area contributed by atoms with Gasteiger partial charge >= 0.3 is 5.97 Å². The first kappa shape index (κ1) is 16.4. The van der Waals surface area contributed by atoms with Crippen LogP contribution in [-0.2, 0) is 7.05 Å². The minimum absolute atomic E-state index is 0.147. The van der Waals surface area contributed by atoms with Gasteiger partial charge in [-0.2, -0.15) is 0 Å². The van der Waals surface area contributed by atoms with Crippen LogP contribution in [0.25, 0.3) is 22.6 Å². The standard InChI is InChI=1S/C19H16N2O4/c1-21-17(13-9-6-10-14(11-13)25-2)20-16(12-7-4-3-5-8-12)15(18(21)22)19(23)24/h3-11H,1-2H3,(H,23,24). The van der Waals surface area contributed by atoms with Gasteiger partial charge in [0.1, 0.15) is 11.6 Å². The number of carboxylic acid groups (broad SMARTS) is 1. The Kier molecular flexibility index (Phi) is 4.35. The van der Waals surface area contributed by atoms with Gasteiger partial charge in [0.05, 0.1) is 12.8 Å². The molecule has 6 heteroatoms. The number of aromatic carboxylic acids is 1. The highest BCUT2D eigenvalue weighted by Gasteiger charge is 2.22. The van der Waals surface area contributed by atoms with Gasteiger partial charge in [0.2, 0.25) is 0 Å². The van der Waals surface area contributed by atoms with E-state index in [1.54, 1.807) is 55.6 Å². The number of methoxy groups -OCH3 is 1. The number of hydrogen-bond acceptors (Lipinski definition) is 4. The van der Waals surface area contributed by atoms with Crippen molar-refractivity contribution >= 4 is 5.97 Å². The van der Waals surface area contributed by atoms with Gasteiger partial charge in [0.15, 0.2) is 5.56 Å². The van der Waals surface area contributed by atoms with Gasteiger partial charge in [0, 0.05) is 18.2 Å². The molecule has 0 aliphatic rings. The predicted molar refractivity (Wildman–Crippen MR) is 93.9 cm³/mol. The topological polar surface area (TPSA) is 81.4 Å². The normalized spacial score (nSPS) is 10.5. The van der Waals surface area contributed by atoms with E-state index < -0.39 is 11.5 Å². The number of rotatable bonds is 4. The number of carbonyl (C=O) groups is 1. The fourth-order valence-electron chi connectivity index (χ4n) is 2.62. The number of aromatic nitrogens is 2. The van der Waals surface area contributed by atoms with Crippen molar-refractivity contribution in [2.24, 2.45) is 7.05 Å². The second-order valence-electron chi connectivity index (χ2n) is 5.43. The molecule has 6 nitrogen and oxygen atoms in total. The zero-order valence-electron chi connectivity index (χ0n) is 13.8. The van der Waals surface area contributed by atoms with Crippen LogP contribution in [-0.4, -0.2) is 27.7 Å². The van der Waals surface area contributed by atoms with Gasteiger partial charge < -0.3 is 9.84 Å². The summed E-state index contributed by atoms with van der Waals surface area (Å²) in [6, 6.07) is 15.9. The molecule has 126 valence electrons. The molecule has 25 heavy (non-hydrogen) atoms. The minimum atomic E-state index is -1.30. The molecule has 1 heterocycles. The van der Waals surface area contributed by atoms with E-state index in [-0.39, 0.29) is 11.3 Å². The monoisotopic (exact) mass is 336 g/mol. The fourth-order valence-corrected chi connectivity index (χ4v) is 2.62. The third-order valence-electron chi connectivity index (χ3n) is 3.88. The Morgan fingerprint density at radius 3 is 2.40 bits per heavy atom. The second kappa shape index (κ2) is 6.60. The van der Waals surface area contributed by atoms with Gasteiger partial charge in [-0.05, 0) is 12.1 Å². The lowest BCUT2D eigenvalue weighted by molar-refractivity contribution is 0.0695. The highest BCUT2D eigenvalue weighted by molar-refractivity contribution is 5.94. The third kappa shape index (κ3) is 3.01. The molecule has 0 saturated heterocycles. The van der Waals surface area contributed by atoms with Crippen molar-refractivity contribution in [2.45, 2.75) is 0 Å². The Hall–Kier alpha value is -3.41. The molecule has 0 fully saturated rings. The molecule has 0 unspecified atom stereocenters. The molecule has 0 aliphatic carbocycles. The minimum Gasteiger partial charge on any atom is -0.497 e. The van der Waals surface area contributed by atoms with E-state index in [4.69, 9.17) is 4.74 Å². The molecule has 3 aromatic rings. The number of ether oxygens (including phenoxy) is 1. The molecular formula is C19H16N2O4. The molecule has 0 atom stereocenters. The average molecular weight is 336 g/mol. The molecule has 0 radical (unpaired) electrons. The van der Waals surface area contributed by atoms with E-state index in [2.05, 4.69) is 4.98 Å². The fraction of sp³-hybridized carbons (Fsp3) is 0.105. The van der Waals surface area contributed by atoms with E-state index in [1.165, 1.54) is 11.6 Å². The second-order valence-corrected chi connectivity index (χ2v) is 5.43. The van der Waals surface area contributed by atoms with E-state index in [9.17, 15) is 14.7 Å². The lowest BCUT2D eigenvalue weighted by atomic mass is 10.1. The summed E-state index contributed by atoms with van der Waals surface area (Å²) in [5, 5.41) is 9.50. The van der Waals surface area contributed by atoms with Crippen LogP contribution in [0.15, 0.2) is 59.4 Å². The predicted octanol–water partition coefficient (Wildman–Crippen LogP) is 2.82. The van der Waals surface area contributed by atoms with Crippen molar-refractivity contribution in [3.63, 3.8) is 0 Å². The van der Waals surface area contributed by atoms with Crippen molar-refractivity contribution in [3.8, 4) is 28.4 Å². The van der Waals surface area contributed by atoms with Crippen LogP contribution in [0.1, 0.15) is 10.4 Å². The summed E-state index contributed by atoms with van der Waals surface area (Å²) in [6.45, 7) is 0. The Morgan fingerprint density at radius 2 is 1.76 bits per heavy atom. The molecule has 0 spiro atoms. The number of carboxylic acids is 1. The summed E-state index contributed by atoms with van der Waals surface area (Å²) in [5.74, 6) is -0.313. The van der Waals surface area contributed by atoms with Crippen molar-refractivity contribution in [1.82, 2.24) is 9.55 Å². The zero-order chi connectivity index (χ0) is 18.0. The lowest BCUT2D eigenvalue weighted by Crippen LogP contribution is -2.28. The molecule has 0 aliphatic heterocycles. The first-order valence-electron chi connectivity index (χ1n) is 7.57. The maximum atomic E-state index is 12.7. The van der Waals surface area contributed by atoms with Gasteiger partial charge in [-0.3, -0.25) is 9.36 Å². The number of hydrogen-bond donors (Lipinski definition) is 1. The Balaban J connectivity index is 2.33. The molecule has 1 N–H and O–H groups in total. The summed E-state index contributed by atoms with van der Waals surface area (Å²) in [6.07, 6.45) is 0. The summed E-state index contributed by atoms with van der Waals surface area (Å²) in [4.78, 5) is 28.8. The highest BCUT2D eigenvalue weighted by atomic mass is 16.5. The van der Waals surface area contributed by atoms with Crippen LogP contribution < -0.4 is 10.3 Å². The zero-order valence-corrected chi connectivity index (χ0v) is 13.8. The van der Waals surface area contributed by atoms with Gasteiger partial charge in [-0.25, -0.2) is 9.78 Å². The number of nitrogens with zero attached hydrogens (tertiary/aromatic N) is 2. The van der Waals surface area contributed by atoms with Crippen LogP contribution in [0.4, 0.5) is 0 Å². The van der Waals surface area contributed by atoms with Crippen LogP contribution in [0.3, 0.4) is 0 Å². The van der Waals surface area contributed by atoms with Crippen LogP contribution in [0.5, 0.6) is 5.75 Å². The van der Waals surface area contributed by atoms with Gasteiger partial charge in [0.25, 0.3) is 5.56 Å². The third-order valence-corrected chi connectivity index (χ3v) is 3.88. The van der Waals surface area contributed by atoms with Crippen molar-refractivity contribution in [3.05, 3.63) is 70.5 Å². The quantitative estimate of drug-likeness (QED) is 0.792. The molecule has 3 rings (SSSR count). The summed E-state index contributed by atoms with van der Waals surface area (Å²) in [7, 11) is 3.06. The Bertz CT molecular complexity index is 994.